The molecule has 2 amide bonds. The molecule has 26 heavy (non-hydrogen) atoms. The molecule has 0 aliphatic carbocycles. The molecule has 1 atom stereocenters. The molecule has 2 aromatic rings. The van der Waals surface area contributed by atoms with Gasteiger partial charge in [0, 0.05) is 18.8 Å². The van der Waals surface area contributed by atoms with E-state index < -0.39 is 11.8 Å². The van der Waals surface area contributed by atoms with Crippen molar-refractivity contribution in [2.45, 2.75) is 45.4 Å². The molecular formula is C19H24N4O3. The molecule has 1 unspecified atom stereocenters. The van der Waals surface area contributed by atoms with E-state index in [4.69, 9.17) is 4.52 Å². The number of hydrogen-bond acceptors (Lipinski definition) is 5. The fraction of sp³-hybridized carbons (Fsp3) is 0.474. The highest BCUT2D eigenvalue weighted by Gasteiger charge is 2.31. The molecule has 0 radical (unpaired) electrons. The van der Waals surface area contributed by atoms with Crippen molar-refractivity contribution >= 4 is 17.5 Å². The molecule has 7 heteroatoms. The van der Waals surface area contributed by atoms with E-state index >= 15 is 0 Å². The molecule has 0 bridgehead atoms. The molecule has 1 saturated heterocycles. The molecule has 1 aromatic heterocycles. The Morgan fingerprint density at radius 3 is 2.85 bits per heavy atom. The normalized spacial score (nSPS) is 17.4. The predicted molar refractivity (Wildman–Crippen MR) is 96.8 cm³/mol. The predicted octanol–water partition coefficient (Wildman–Crippen LogP) is 2.85. The minimum atomic E-state index is -0.617. The molecule has 1 aliphatic rings. The van der Waals surface area contributed by atoms with Crippen LogP contribution in [0.3, 0.4) is 0 Å². The lowest BCUT2D eigenvalue weighted by atomic mass is 9.98. The zero-order valence-electron chi connectivity index (χ0n) is 15.4. The first kappa shape index (κ1) is 18.1. The van der Waals surface area contributed by atoms with Crippen LogP contribution >= 0.6 is 0 Å². The Balaban J connectivity index is 1.64. The van der Waals surface area contributed by atoms with E-state index in [-0.39, 0.29) is 5.92 Å². The van der Waals surface area contributed by atoms with Crippen molar-refractivity contribution in [3.63, 3.8) is 0 Å². The number of amides is 2. The molecule has 2 heterocycles. The number of likely N-dealkylation sites (tertiary alicyclic amines) is 1. The molecule has 1 aliphatic heterocycles. The van der Waals surface area contributed by atoms with Gasteiger partial charge in [0.2, 0.25) is 5.89 Å². The maximum Gasteiger partial charge on any atom is 0.313 e. The SMILES string of the molecule is Cc1noc(C2CCCN(C(=O)C(=O)Nc3cccc(C(C)C)c3)C2)n1. The molecule has 3 rings (SSSR count). The van der Waals surface area contributed by atoms with Crippen molar-refractivity contribution in [1.82, 2.24) is 15.0 Å². The lowest BCUT2D eigenvalue weighted by Gasteiger charge is -2.30. The fourth-order valence-corrected chi connectivity index (χ4v) is 3.15. The molecule has 1 N–H and O–H groups in total. The second-order valence-corrected chi connectivity index (χ2v) is 7.00. The molecule has 138 valence electrons. The lowest BCUT2D eigenvalue weighted by molar-refractivity contribution is -0.144. The van der Waals surface area contributed by atoms with E-state index in [1.165, 1.54) is 0 Å². The third-order valence-corrected chi connectivity index (χ3v) is 4.61. The van der Waals surface area contributed by atoms with Crippen LogP contribution in [-0.4, -0.2) is 39.9 Å². The summed E-state index contributed by atoms with van der Waals surface area (Å²) in [6.07, 6.45) is 1.66. The van der Waals surface area contributed by atoms with Gasteiger partial charge in [-0.15, -0.1) is 0 Å². The van der Waals surface area contributed by atoms with Gasteiger partial charge in [0.25, 0.3) is 0 Å². The summed E-state index contributed by atoms with van der Waals surface area (Å²) in [5, 5.41) is 6.52. The summed E-state index contributed by atoms with van der Waals surface area (Å²) >= 11 is 0. The Kier molecular flexibility index (Phi) is 5.35. The van der Waals surface area contributed by atoms with Crippen molar-refractivity contribution in [3.8, 4) is 0 Å². The first-order valence-corrected chi connectivity index (χ1v) is 8.94. The highest BCUT2D eigenvalue weighted by molar-refractivity contribution is 6.39. The monoisotopic (exact) mass is 356 g/mol. The first-order valence-electron chi connectivity index (χ1n) is 8.94. The van der Waals surface area contributed by atoms with E-state index in [2.05, 4.69) is 29.3 Å². The zero-order chi connectivity index (χ0) is 18.7. The second-order valence-electron chi connectivity index (χ2n) is 7.00. The van der Waals surface area contributed by atoms with Crippen LogP contribution in [0, 0.1) is 6.92 Å². The van der Waals surface area contributed by atoms with Crippen molar-refractivity contribution in [2.24, 2.45) is 0 Å². The first-order chi connectivity index (χ1) is 12.4. The Bertz CT molecular complexity index is 800. The van der Waals surface area contributed by atoms with E-state index in [9.17, 15) is 9.59 Å². The highest BCUT2D eigenvalue weighted by Crippen LogP contribution is 2.26. The van der Waals surface area contributed by atoms with Crippen LogP contribution in [0.15, 0.2) is 28.8 Å². The van der Waals surface area contributed by atoms with Gasteiger partial charge in [0.05, 0.1) is 5.92 Å². The number of rotatable bonds is 3. The number of aromatic nitrogens is 2. The van der Waals surface area contributed by atoms with E-state index in [0.717, 1.165) is 18.4 Å². The van der Waals surface area contributed by atoms with Gasteiger partial charge >= 0.3 is 11.8 Å². The van der Waals surface area contributed by atoms with Crippen LogP contribution in [0.5, 0.6) is 0 Å². The summed E-state index contributed by atoms with van der Waals surface area (Å²) in [6.45, 7) is 6.90. The van der Waals surface area contributed by atoms with E-state index in [0.29, 0.717) is 36.4 Å². The Hall–Kier alpha value is -2.70. The average Bonchev–Trinajstić information content (AvgIpc) is 3.08. The van der Waals surface area contributed by atoms with Gasteiger partial charge in [0.15, 0.2) is 5.82 Å². The molecule has 7 nitrogen and oxygen atoms in total. The number of piperidine rings is 1. The number of nitrogens with one attached hydrogen (secondary N) is 1. The summed E-state index contributed by atoms with van der Waals surface area (Å²) in [5.41, 5.74) is 1.75. The topological polar surface area (TPSA) is 88.3 Å². The van der Waals surface area contributed by atoms with Crippen LogP contribution in [0.25, 0.3) is 0 Å². The summed E-state index contributed by atoms with van der Waals surface area (Å²) < 4.78 is 5.22. The van der Waals surface area contributed by atoms with Gasteiger partial charge in [-0.25, -0.2) is 0 Å². The third kappa shape index (κ3) is 4.09. The van der Waals surface area contributed by atoms with Crippen LogP contribution in [-0.2, 0) is 9.59 Å². The molecule has 0 spiro atoms. The Morgan fingerprint density at radius 2 is 2.15 bits per heavy atom. The van der Waals surface area contributed by atoms with Gasteiger partial charge in [-0.1, -0.05) is 31.1 Å². The maximum absolute atomic E-state index is 12.6. The van der Waals surface area contributed by atoms with Gasteiger partial charge < -0.3 is 14.7 Å². The summed E-state index contributed by atoms with van der Waals surface area (Å²) in [7, 11) is 0. The van der Waals surface area contributed by atoms with Gasteiger partial charge in [0.1, 0.15) is 0 Å². The minimum absolute atomic E-state index is 0.0223. The largest absolute Gasteiger partial charge is 0.339 e. The lowest BCUT2D eigenvalue weighted by Crippen LogP contribution is -2.44. The second kappa shape index (κ2) is 7.68. The van der Waals surface area contributed by atoms with Gasteiger partial charge in [-0.3, -0.25) is 9.59 Å². The van der Waals surface area contributed by atoms with Crippen molar-refractivity contribution in [2.75, 3.05) is 18.4 Å². The van der Waals surface area contributed by atoms with Crippen LogP contribution in [0.2, 0.25) is 0 Å². The van der Waals surface area contributed by atoms with Gasteiger partial charge in [-0.05, 0) is 43.4 Å². The van der Waals surface area contributed by atoms with E-state index in [1.54, 1.807) is 17.9 Å². The molecule has 1 fully saturated rings. The maximum atomic E-state index is 12.6. The number of hydrogen-bond donors (Lipinski definition) is 1. The van der Waals surface area contributed by atoms with Crippen LogP contribution in [0.1, 0.15) is 55.8 Å². The Morgan fingerprint density at radius 1 is 1.35 bits per heavy atom. The number of carbonyl (C=O) groups excluding carboxylic acids is 2. The molecule has 0 saturated carbocycles. The number of anilines is 1. The smallest absolute Gasteiger partial charge is 0.313 e. The average molecular weight is 356 g/mol. The Labute approximate surface area is 152 Å². The quantitative estimate of drug-likeness (QED) is 0.854. The number of nitrogens with zero attached hydrogens (tertiary/aromatic N) is 3. The number of aryl methyl sites for hydroxylation is 1. The molecule has 1 aromatic carbocycles. The molecular weight excluding hydrogens is 332 g/mol. The van der Waals surface area contributed by atoms with Crippen LogP contribution in [0.4, 0.5) is 5.69 Å². The fourth-order valence-electron chi connectivity index (χ4n) is 3.15. The highest BCUT2D eigenvalue weighted by atomic mass is 16.5. The number of carbonyl (C=O) groups is 2. The third-order valence-electron chi connectivity index (χ3n) is 4.61. The van der Waals surface area contributed by atoms with Crippen molar-refractivity contribution < 1.29 is 14.1 Å². The van der Waals surface area contributed by atoms with E-state index in [1.807, 2.05) is 18.2 Å². The van der Waals surface area contributed by atoms with Crippen molar-refractivity contribution in [3.05, 3.63) is 41.5 Å². The van der Waals surface area contributed by atoms with Gasteiger partial charge in [-0.2, -0.15) is 4.98 Å². The summed E-state index contributed by atoms with van der Waals surface area (Å²) in [6, 6.07) is 7.57. The van der Waals surface area contributed by atoms with Crippen molar-refractivity contribution in [1.29, 1.82) is 0 Å². The standard InChI is InChI=1S/C19H24N4O3/c1-12(2)14-6-4-8-16(10-14)21-17(24)19(25)23-9-5-7-15(11-23)18-20-13(3)22-26-18/h4,6,8,10,12,15H,5,7,9,11H2,1-3H3,(H,21,24). The zero-order valence-corrected chi connectivity index (χ0v) is 15.4. The summed E-state index contributed by atoms with van der Waals surface area (Å²) in [5.74, 6) is 0.291. The number of benzene rings is 1. The minimum Gasteiger partial charge on any atom is -0.339 e. The summed E-state index contributed by atoms with van der Waals surface area (Å²) in [4.78, 5) is 30.8. The van der Waals surface area contributed by atoms with Crippen LogP contribution < -0.4 is 5.32 Å².